The topological polar surface area (TPSA) is 77.5 Å². The van der Waals surface area contributed by atoms with Crippen molar-refractivity contribution in [1.29, 1.82) is 0 Å². The molecule has 0 aromatic heterocycles. The SMILES string of the molecule is COc1cc(O)c(C(CC(=O)N2CCC(Cc3ccccc3)CC2)c2ccc(OC)c(OC)c2)c(OC)c1. The molecule has 1 aliphatic rings. The Labute approximate surface area is 224 Å². The molecule has 1 atom stereocenters. The predicted molar refractivity (Wildman–Crippen MR) is 147 cm³/mol. The number of hydrogen-bond acceptors (Lipinski definition) is 6. The number of piperidine rings is 1. The number of nitrogens with zero attached hydrogens (tertiary/aromatic N) is 1. The molecule has 7 nitrogen and oxygen atoms in total. The van der Waals surface area contributed by atoms with Gasteiger partial charge in [-0.1, -0.05) is 36.4 Å². The minimum absolute atomic E-state index is 0.00959. The van der Waals surface area contributed by atoms with E-state index in [-0.39, 0.29) is 18.1 Å². The van der Waals surface area contributed by atoms with Gasteiger partial charge in [0.2, 0.25) is 5.91 Å². The summed E-state index contributed by atoms with van der Waals surface area (Å²) in [4.78, 5) is 15.6. The molecule has 202 valence electrons. The number of hydrogen-bond donors (Lipinski definition) is 1. The molecular weight excluding hydrogens is 482 g/mol. The van der Waals surface area contributed by atoms with E-state index in [0.717, 1.165) is 37.9 Å². The van der Waals surface area contributed by atoms with E-state index in [1.54, 1.807) is 33.5 Å². The van der Waals surface area contributed by atoms with Crippen LogP contribution in [0, 0.1) is 5.92 Å². The highest BCUT2D eigenvalue weighted by atomic mass is 16.5. The summed E-state index contributed by atoms with van der Waals surface area (Å²) in [5.41, 5.74) is 2.69. The van der Waals surface area contributed by atoms with Gasteiger partial charge < -0.3 is 29.0 Å². The van der Waals surface area contributed by atoms with Crippen LogP contribution in [0.25, 0.3) is 0 Å². The minimum atomic E-state index is -0.467. The second kappa shape index (κ2) is 12.6. The van der Waals surface area contributed by atoms with E-state index in [1.165, 1.54) is 12.7 Å². The van der Waals surface area contributed by atoms with E-state index in [9.17, 15) is 9.90 Å². The molecule has 0 saturated carbocycles. The maximum absolute atomic E-state index is 13.7. The lowest BCUT2D eigenvalue weighted by Crippen LogP contribution is -2.39. The van der Waals surface area contributed by atoms with Crippen LogP contribution in [-0.4, -0.2) is 57.4 Å². The highest BCUT2D eigenvalue weighted by Gasteiger charge is 2.30. The Morgan fingerprint density at radius 2 is 1.55 bits per heavy atom. The van der Waals surface area contributed by atoms with Gasteiger partial charge in [-0.25, -0.2) is 0 Å². The number of amides is 1. The molecule has 1 unspecified atom stereocenters. The molecule has 1 fully saturated rings. The Hall–Kier alpha value is -3.87. The monoisotopic (exact) mass is 519 g/mol. The van der Waals surface area contributed by atoms with Gasteiger partial charge in [-0.15, -0.1) is 0 Å². The van der Waals surface area contributed by atoms with Crippen LogP contribution in [0.15, 0.2) is 60.7 Å². The number of rotatable bonds is 10. The van der Waals surface area contributed by atoms with Crippen molar-refractivity contribution in [1.82, 2.24) is 4.90 Å². The summed E-state index contributed by atoms with van der Waals surface area (Å²) in [6.07, 6.45) is 3.15. The molecule has 4 rings (SSSR count). The predicted octanol–water partition coefficient (Wildman–Crippen LogP) is 5.43. The Kier molecular flexibility index (Phi) is 9.00. The van der Waals surface area contributed by atoms with Gasteiger partial charge in [-0.05, 0) is 48.4 Å². The molecule has 1 heterocycles. The van der Waals surface area contributed by atoms with E-state index in [4.69, 9.17) is 18.9 Å². The van der Waals surface area contributed by atoms with Gasteiger partial charge >= 0.3 is 0 Å². The summed E-state index contributed by atoms with van der Waals surface area (Å²) in [6.45, 7) is 1.45. The van der Waals surface area contributed by atoms with Gasteiger partial charge in [0.15, 0.2) is 11.5 Å². The second-order valence-electron chi connectivity index (χ2n) is 9.65. The van der Waals surface area contributed by atoms with Crippen molar-refractivity contribution in [2.75, 3.05) is 41.5 Å². The Morgan fingerprint density at radius 3 is 2.18 bits per heavy atom. The van der Waals surface area contributed by atoms with Crippen molar-refractivity contribution in [2.45, 2.75) is 31.6 Å². The third kappa shape index (κ3) is 6.15. The third-order valence-corrected chi connectivity index (χ3v) is 7.42. The fraction of sp³-hybridized carbons (Fsp3) is 0.387. The zero-order chi connectivity index (χ0) is 27.1. The number of benzene rings is 3. The van der Waals surface area contributed by atoms with Gasteiger partial charge in [0.05, 0.1) is 28.4 Å². The summed E-state index contributed by atoms with van der Waals surface area (Å²) in [6, 6.07) is 19.4. The molecule has 0 bridgehead atoms. The lowest BCUT2D eigenvalue weighted by atomic mass is 9.85. The normalized spacial score (nSPS) is 14.6. The number of phenolic OH excluding ortho intramolecular Hbond substituents is 1. The fourth-order valence-electron chi connectivity index (χ4n) is 5.32. The van der Waals surface area contributed by atoms with Crippen LogP contribution in [0.3, 0.4) is 0 Å². The lowest BCUT2D eigenvalue weighted by molar-refractivity contribution is -0.132. The van der Waals surface area contributed by atoms with E-state index >= 15 is 0 Å². The molecule has 0 spiro atoms. The van der Waals surface area contributed by atoms with Gasteiger partial charge in [-0.3, -0.25) is 4.79 Å². The van der Waals surface area contributed by atoms with Crippen LogP contribution >= 0.6 is 0 Å². The summed E-state index contributed by atoms with van der Waals surface area (Å²) >= 11 is 0. The van der Waals surface area contributed by atoms with Crippen molar-refractivity contribution < 1.29 is 28.8 Å². The molecule has 1 aliphatic heterocycles. The third-order valence-electron chi connectivity index (χ3n) is 7.42. The van der Waals surface area contributed by atoms with E-state index < -0.39 is 5.92 Å². The summed E-state index contributed by atoms with van der Waals surface area (Å²) in [7, 11) is 6.23. The smallest absolute Gasteiger partial charge is 0.223 e. The first kappa shape index (κ1) is 27.2. The van der Waals surface area contributed by atoms with Crippen LogP contribution in [0.1, 0.15) is 41.9 Å². The maximum atomic E-state index is 13.7. The molecule has 1 N–H and O–H groups in total. The zero-order valence-electron chi connectivity index (χ0n) is 22.6. The average Bonchev–Trinajstić information content (AvgIpc) is 2.96. The standard InChI is InChI=1S/C31H37NO6/c1-35-24-18-26(33)31(29(19-24)38-4)25(23-10-11-27(36-2)28(17-23)37-3)20-30(34)32-14-12-22(13-15-32)16-21-8-6-5-7-9-21/h5-11,17-19,22,25,33H,12-16,20H2,1-4H3. The van der Waals surface area contributed by atoms with Crippen molar-refractivity contribution >= 4 is 5.91 Å². The number of carbonyl (C=O) groups excluding carboxylic acids is 1. The first-order valence-corrected chi connectivity index (χ1v) is 13.0. The molecule has 1 amide bonds. The number of ether oxygens (including phenoxy) is 4. The van der Waals surface area contributed by atoms with Crippen molar-refractivity contribution in [3.05, 3.63) is 77.4 Å². The Bertz CT molecular complexity index is 1220. The average molecular weight is 520 g/mol. The number of phenols is 1. The van der Waals surface area contributed by atoms with Crippen LogP contribution < -0.4 is 18.9 Å². The number of carbonyl (C=O) groups is 1. The number of aromatic hydroxyl groups is 1. The van der Waals surface area contributed by atoms with Gasteiger partial charge in [0.1, 0.15) is 17.2 Å². The van der Waals surface area contributed by atoms with E-state index in [1.807, 2.05) is 29.2 Å². The Balaban J connectivity index is 1.59. The number of likely N-dealkylation sites (tertiary alicyclic amines) is 1. The van der Waals surface area contributed by atoms with Crippen LogP contribution in [-0.2, 0) is 11.2 Å². The maximum Gasteiger partial charge on any atom is 0.223 e. The van der Waals surface area contributed by atoms with E-state index in [0.29, 0.717) is 34.5 Å². The van der Waals surface area contributed by atoms with E-state index in [2.05, 4.69) is 24.3 Å². The molecule has 7 heteroatoms. The van der Waals surface area contributed by atoms with Crippen molar-refractivity contribution in [3.63, 3.8) is 0 Å². The summed E-state index contributed by atoms with van der Waals surface area (Å²) in [5, 5.41) is 11.1. The second-order valence-corrected chi connectivity index (χ2v) is 9.65. The summed E-state index contributed by atoms with van der Waals surface area (Å²) in [5.74, 6) is 2.22. The Morgan fingerprint density at radius 1 is 0.868 bits per heavy atom. The molecule has 38 heavy (non-hydrogen) atoms. The first-order chi connectivity index (χ1) is 18.5. The van der Waals surface area contributed by atoms with Gasteiger partial charge in [0, 0.05) is 43.1 Å². The molecular formula is C31H37NO6. The largest absolute Gasteiger partial charge is 0.507 e. The molecule has 3 aromatic rings. The quantitative estimate of drug-likeness (QED) is 0.385. The first-order valence-electron chi connectivity index (χ1n) is 13.0. The fourth-order valence-corrected chi connectivity index (χ4v) is 5.32. The van der Waals surface area contributed by atoms with Crippen LogP contribution in [0.4, 0.5) is 0 Å². The highest BCUT2D eigenvalue weighted by Crippen LogP contribution is 2.44. The lowest BCUT2D eigenvalue weighted by Gasteiger charge is -2.33. The zero-order valence-corrected chi connectivity index (χ0v) is 22.6. The highest BCUT2D eigenvalue weighted by molar-refractivity contribution is 5.78. The van der Waals surface area contributed by atoms with Gasteiger partial charge in [-0.2, -0.15) is 0 Å². The van der Waals surface area contributed by atoms with Crippen molar-refractivity contribution in [2.24, 2.45) is 5.92 Å². The molecule has 3 aromatic carbocycles. The van der Waals surface area contributed by atoms with Gasteiger partial charge in [0.25, 0.3) is 0 Å². The summed E-state index contributed by atoms with van der Waals surface area (Å²) < 4.78 is 21.9. The minimum Gasteiger partial charge on any atom is -0.507 e. The van der Waals surface area contributed by atoms with Crippen molar-refractivity contribution in [3.8, 4) is 28.7 Å². The van der Waals surface area contributed by atoms with Crippen LogP contribution in [0.5, 0.6) is 28.7 Å². The molecule has 1 saturated heterocycles. The number of methoxy groups -OCH3 is 4. The molecule has 0 radical (unpaired) electrons. The van der Waals surface area contributed by atoms with Crippen LogP contribution in [0.2, 0.25) is 0 Å². The molecule has 0 aliphatic carbocycles.